The maximum Gasteiger partial charge on any atom is 0.490 e. The Kier molecular flexibility index (Phi) is 12.2. The van der Waals surface area contributed by atoms with Crippen LogP contribution in [-0.2, 0) is 24.2 Å². The highest BCUT2D eigenvalue weighted by Gasteiger charge is 2.50. The Morgan fingerprint density at radius 2 is 1.62 bits per heavy atom. The summed E-state index contributed by atoms with van der Waals surface area (Å²) in [5.74, 6) is -5.26. The summed E-state index contributed by atoms with van der Waals surface area (Å²) in [6.45, 7) is 6.50. The average molecular weight is 594 g/mol. The molecule has 1 aromatic rings. The van der Waals surface area contributed by atoms with Crippen LogP contribution in [0.15, 0.2) is 24.5 Å². The van der Waals surface area contributed by atoms with Gasteiger partial charge in [-0.05, 0) is 37.4 Å². The van der Waals surface area contributed by atoms with Crippen molar-refractivity contribution in [1.29, 1.82) is 0 Å². The number of sulfone groups is 1. The normalized spacial score (nSPS) is 22.4. The molecule has 10 nitrogen and oxygen atoms in total. The molecule has 0 bridgehead atoms. The van der Waals surface area contributed by atoms with E-state index in [0.717, 1.165) is 13.0 Å². The van der Waals surface area contributed by atoms with E-state index in [1.807, 2.05) is 0 Å². The van der Waals surface area contributed by atoms with Crippen LogP contribution in [0.25, 0.3) is 0 Å². The minimum atomic E-state index is -5.08. The smallest absolute Gasteiger partial charge is 0.475 e. The van der Waals surface area contributed by atoms with Crippen molar-refractivity contribution >= 4 is 33.4 Å². The molecule has 0 unspecified atom stereocenters. The van der Waals surface area contributed by atoms with Crippen molar-refractivity contribution in [3.63, 3.8) is 0 Å². The van der Waals surface area contributed by atoms with Crippen LogP contribution >= 0.6 is 0 Å². The molecule has 17 heteroatoms. The number of fused-ring (bicyclic) bond motifs is 1. The van der Waals surface area contributed by atoms with Crippen LogP contribution in [0, 0.1) is 17.8 Å². The number of hydrogen-bond donors (Lipinski definition) is 3. The molecule has 3 rings (SSSR count). The number of pyridine rings is 1. The van der Waals surface area contributed by atoms with Gasteiger partial charge in [0.25, 0.3) is 0 Å². The van der Waals surface area contributed by atoms with E-state index in [1.165, 1.54) is 0 Å². The standard InChI is InChI=1S/C18H27N3O3S.2C2HF3O2/c1-13(2)5-8-21-11-16-15(6-9-25(23,24)17(16)12-21)18(22)20-14-4-3-7-19-10-14;2*3-2(4,5)1(6)7/h3-4,7,10,13,15-17H,5-6,8-9,11-12H2,1-2H3,(H,20,22);2*(H,6,7)/t15-,16-,17-;;/m1../s1. The van der Waals surface area contributed by atoms with Crippen molar-refractivity contribution in [2.24, 2.45) is 17.8 Å². The highest BCUT2D eigenvalue weighted by atomic mass is 32.2. The average Bonchev–Trinajstić information content (AvgIpc) is 3.23. The Hall–Kier alpha value is -2.95. The molecule has 3 heterocycles. The quantitative estimate of drug-likeness (QED) is 0.437. The van der Waals surface area contributed by atoms with Gasteiger partial charge in [-0.3, -0.25) is 9.78 Å². The fourth-order valence-corrected chi connectivity index (χ4v) is 6.06. The lowest BCUT2D eigenvalue weighted by atomic mass is 9.87. The molecule has 0 aromatic carbocycles. The minimum absolute atomic E-state index is 0.0800. The summed E-state index contributed by atoms with van der Waals surface area (Å²) in [5.41, 5.74) is 0.659. The van der Waals surface area contributed by atoms with Crippen LogP contribution in [0.4, 0.5) is 32.0 Å². The number of carbonyl (C=O) groups excluding carboxylic acids is 1. The van der Waals surface area contributed by atoms with Gasteiger partial charge in [-0.25, -0.2) is 18.0 Å². The van der Waals surface area contributed by atoms with Gasteiger partial charge in [0.15, 0.2) is 9.84 Å². The van der Waals surface area contributed by atoms with E-state index < -0.39 is 39.4 Å². The van der Waals surface area contributed by atoms with Crippen molar-refractivity contribution in [2.45, 2.75) is 44.3 Å². The van der Waals surface area contributed by atoms with Gasteiger partial charge >= 0.3 is 24.3 Å². The fraction of sp³-hybridized carbons (Fsp3) is 0.636. The number of rotatable bonds is 5. The summed E-state index contributed by atoms with van der Waals surface area (Å²) in [7, 11) is -3.11. The summed E-state index contributed by atoms with van der Waals surface area (Å²) in [4.78, 5) is 36.8. The molecule has 1 aromatic heterocycles. The molecule has 0 saturated carbocycles. The minimum Gasteiger partial charge on any atom is -0.475 e. The number of hydrogen-bond acceptors (Lipinski definition) is 7. The van der Waals surface area contributed by atoms with Gasteiger partial charge in [-0.2, -0.15) is 26.3 Å². The molecule has 0 aliphatic carbocycles. The van der Waals surface area contributed by atoms with Crippen LogP contribution in [0.3, 0.4) is 0 Å². The number of anilines is 1. The lowest BCUT2D eigenvalue weighted by molar-refractivity contribution is -0.193. The van der Waals surface area contributed by atoms with Gasteiger partial charge in [0, 0.05) is 31.1 Å². The van der Waals surface area contributed by atoms with Gasteiger partial charge in [0.05, 0.1) is 22.9 Å². The lowest BCUT2D eigenvalue weighted by Gasteiger charge is -2.31. The predicted octanol–water partition coefficient (Wildman–Crippen LogP) is 3.07. The van der Waals surface area contributed by atoms with Gasteiger partial charge < -0.3 is 20.4 Å². The highest BCUT2D eigenvalue weighted by molar-refractivity contribution is 7.92. The fourth-order valence-electron chi connectivity index (χ4n) is 3.92. The molecule has 222 valence electrons. The summed E-state index contributed by atoms with van der Waals surface area (Å²) in [6.07, 6.45) is -5.44. The Labute approximate surface area is 220 Å². The van der Waals surface area contributed by atoms with Gasteiger partial charge in [-0.15, -0.1) is 0 Å². The van der Waals surface area contributed by atoms with Crippen LogP contribution < -0.4 is 5.32 Å². The summed E-state index contributed by atoms with van der Waals surface area (Å²) in [5, 5.41) is 16.7. The van der Waals surface area contributed by atoms with Crippen molar-refractivity contribution in [2.75, 3.05) is 30.7 Å². The van der Waals surface area contributed by atoms with Gasteiger partial charge in [0.1, 0.15) is 0 Å². The summed E-state index contributed by atoms with van der Waals surface area (Å²) < 4.78 is 88.5. The van der Waals surface area contributed by atoms with Crippen molar-refractivity contribution in [3.8, 4) is 0 Å². The molecule has 3 atom stereocenters. The molecular formula is C22H29F6N3O7S. The maximum absolute atomic E-state index is 12.7. The molecule has 3 N–H and O–H groups in total. The monoisotopic (exact) mass is 593 g/mol. The second-order valence-corrected chi connectivity index (χ2v) is 11.6. The number of amides is 1. The number of nitrogens with zero attached hydrogens (tertiary/aromatic N) is 2. The second-order valence-electron chi connectivity index (χ2n) is 9.24. The van der Waals surface area contributed by atoms with Crippen molar-refractivity contribution < 1.29 is 59.4 Å². The number of nitrogens with one attached hydrogen (secondary N) is 1. The zero-order valence-electron chi connectivity index (χ0n) is 20.9. The molecule has 39 heavy (non-hydrogen) atoms. The third kappa shape index (κ3) is 11.4. The van der Waals surface area contributed by atoms with E-state index in [4.69, 9.17) is 19.8 Å². The molecule has 0 spiro atoms. The van der Waals surface area contributed by atoms with Crippen LogP contribution in [0.1, 0.15) is 26.7 Å². The van der Waals surface area contributed by atoms with E-state index in [0.29, 0.717) is 31.1 Å². The number of alkyl halides is 6. The third-order valence-corrected chi connectivity index (χ3v) is 8.08. The summed E-state index contributed by atoms with van der Waals surface area (Å²) >= 11 is 0. The Balaban J connectivity index is 0.000000449. The first-order valence-electron chi connectivity index (χ1n) is 11.5. The SMILES string of the molecule is CC(C)CCN1C[C@H]2[C@@H](C1)S(=O)(=O)CC[C@H]2C(=O)Nc1cccnc1.O=C(O)C(F)(F)F.O=C(O)C(F)(F)F. The largest absolute Gasteiger partial charge is 0.490 e. The Morgan fingerprint density at radius 3 is 2.05 bits per heavy atom. The third-order valence-electron chi connectivity index (χ3n) is 5.85. The van der Waals surface area contributed by atoms with E-state index in [9.17, 15) is 39.6 Å². The number of halogens is 6. The van der Waals surface area contributed by atoms with Crippen LogP contribution in [0.5, 0.6) is 0 Å². The number of carbonyl (C=O) groups is 3. The molecule has 2 saturated heterocycles. The van der Waals surface area contributed by atoms with E-state index in [-0.39, 0.29) is 23.5 Å². The maximum atomic E-state index is 12.7. The molecular weight excluding hydrogens is 564 g/mol. The Bertz CT molecular complexity index is 1060. The molecule has 1 amide bonds. The number of carboxylic acid groups (broad SMARTS) is 2. The van der Waals surface area contributed by atoms with Gasteiger partial charge in [0.2, 0.25) is 5.91 Å². The van der Waals surface area contributed by atoms with Gasteiger partial charge in [-0.1, -0.05) is 13.8 Å². The predicted molar refractivity (Wildman–Crippen MR) is 125 cm³/mol. The van der Waals surface area contributed by atoms with E-state index >= 15 is 0 Å². The Morgan fingerprint density at radius 1 is 1.08 bits per heavy atom. The number of likely N-dealkylation sites (tertiary alicyclic amines) is 1. The summed E-state index contributed by atoms with van der Waals surface area (Å²) in [6, 6.07) is 3.57. The van der Waals surface area contributed by atoms with Crippen molar-refractivity contribution in [1.82, 2.24) is 9.88 Å². The molecule has 2 fully saturated rings. The number of aliphatic carboxylic acids is 2. The molecule has 0 radical (unpaired) electrons. The van der Waals surface area contributed by atoms with Crippen LogP contribution in [0.2, 0.25) is 0 Å². The molecule has 2 aliphatic heterocycles. The van der Waals surface area contributed by atoms with E-state index in [2.05, 4.69) is 29.0 Å². The first kappa shape index (κ1) is 34.1. The van der Waals surface area contributed by atoms with E-state index in [1.54, 1.807) is 24.5 Å². The first-order valence-corrected chi connectivity index (χ1v) is 13.2. The number of carboxylic acids is 2. The van der Waals surface area contributed by atoms with Crippen LogP contribution in [-0.4, -0.2) is 89.4 Å². The number of aromatic nitrogens is 1. The first-order chi connectivity index (χ1) is 17.8. The zero-order chi connectivity index (χ0) is 30.2. The van der Waals surface area contributed by atoms with Crippen molar-refractivity contribution in [3.05, 3.63) is 24.5 Å². The second kappa shape index (κ2) is 13.9. The lowest BCUT2D eigenvalue weighted by Crippen LogP contribution is -2.45. The zero-order valence-corrected chi connectivity index (χ0v) is 21.7. The topological polar surface area (TPSA) is 154 Å². The highest BCUT2D eigenvalue weighted by Crippen LogP contribution is 2.37. The molecule has 2 aliphatic rings.